The van der Waals surface area contributed by atoms with Crippen LogP contribution >= 0.6 is 0 Å². The fourth-order valence-corrected chi connectivity index (χ4v) is 1.59. The second kappa shape index (κ2) is 7.43. The van der Waals surface area contributed by atoms with Crippen LogP contribution in [0.3, 0.4) is 0 Å². The van der Waals surface area contributed by atoms with Gasteiger partial charge in [-0.3, -0.25) is 9.59 Å². The van der Waals surface area contributed by atoms with Crippen LogP contribution in [0.1, 0.15) is 47.0 Å². The van der Waals surface area contributed by atoms with Crippen LogP contribution in [0.25, 0.3) is 0 Å². The zero-order chi connectivity index (χ0) is 11.8. The van der Waals surface area contributed by atoms with Crippen LogP contribution in [0, 0.1) is 5.92 Å². The highest BCUT2D eigenvalue weighted by Gasteiger charge is 2.16. The lowest BCUT2D eigenvalue weighted by atomic mass is 10.0. The van der Waals surface area contributed by atoms with Crippen molar-refractivity contribution >= 4 is 11.7 Å². The van der Waals surface area contributed by atoms with Crippen LogP contribution in [0.5, 0.6) is 0 Å². The molecule has 0 aromatic carbocycles. The minimum absolute atomic E-state index is 0.0306. The predicted molar refractivity (Wildman–Crippen MR) is 61.6 cm³/mol. The normalized spacial score (nSPS) is 10.5. The number of carbonyl (C=O) groups is 2. The number of carbonyl (C=O) groups excluding carboxylic acids is 2. The van der Waals surface area contributed by atoms with Gasteiger partial charge in [0, 0.05) is 13.1 Å². The Kier molecular flexibility index (Phi) is 7.01. The van der Waals surface area contributed by atoms with Gasteiger partial charge in [-0.05, 0) is 19.8 Å². The molecule has 0 aliphatic rings. The minimum Gasteiger partial charge on any atom is -0.342 e. The molecule has 0 rings (SSSR count). The summed E-state index contributed by atoms with van der Waals surface area (Å²) in [6.07, 6.45) is 2.22. The molecule has 88 valence electrons. The maximum atomic E-state index is 11.7. The molecule has 15 heavy (non-hydrogen) atoms. The van der Waals surface area contributed by atoms with Gasteiger partial charge in [0.25, 0.3) is 0 Å². The molecule has 0 saturated carbocycles. The van der Waals surface area contributed by atoms with Crippen LogP contribution in [0.15, 0.2) is 0 Å². The maximum Gasteiger partial charge on any atom is 0.230 e. The van der Waals surface area contributed by atoms with Gasteiger partial charge in [0.2, 0.25) is 5.91 Å². The van der Waals surface area contributed by atoms with Crippen molar-refractivity contribution in [2.45, 2.75) is 47.0 Å². The van der Waals surface area contributed by atoms with Crippen molar-refractivity contribution in [3.63, 3.8) is 0 Å². The summed E-state index contributed by atoms with van der Waals surface area (Å²) in [4.78, 5) is 24.3. The fraction of sp³-hybridized carbons (Fsp3) is 0.833. The molecule has 3 heteroatoms. The van der Waals surface area contributed by atoms with Gasteiger partial charge in [-0.25, -0.2) is 0 Å². The Labute approximate surface area is 92.8 Å². The molecule has 0 aromatic rings. The van der Waals surface area contributed by atoms with Crippen LogP contribution in [0.2, 0.25) is 0 Å². The van der Waals surface area contributed by atoms with Crippen molar-refractivity contribution in [1.29, 1.82) is 0 Å². The van der Waals surface area contributed by atoms with Gasteiger partial charge >= 0.3 is 0 Å². The Morgan fingerprint density at radius 1 is 1.13 bits per heavy atom. The lowest BCUT2D eigenvalue weighted by Gasteiger charge is -2.25. The quantitative estimate of drug-likeness (QED) is 0.608. The van der Waals surface area contributed by atoms with Crippen molar-refractivity contribution in [2.75, 3.05) is 13.1 Å². The molecular formula is C12H23NO2. The third kappa shape index (κ3) is 5.55. The highest BCUT2D eigenvalue weighted by Crippen LogP contribution is 2.10. The van der Waals surface area contributed by atoms with Crippen molar-refractivity contribution in [3.05, 3.63) is 0 Å². The van der Waals surface area contributed by atoms with E-state index in [0.29, 0.717) is 12.5 Å². The Morgan fingerprint density at radius 3 is 2.00 bits per heavy atom. The smallest absolute Gasteiger partial charge is 0.230 e. The van der Waals surface area contributed by atoms with Crippen LogP contribution in [0.4, 0.5) is 0 Å². The third-order valence-corrected chi connectivity index (χ3v) is 2.77. The first-order valence-electron chi connectivity index (χ1n) is 5.82. The molecule has 0 atom stereocenters. The number of Topliss-reactive ketones (excluding diaryl/α,β-unsaturated/α-hetero) is 1. The largest absolute Gasteiger partial charge is 0.342 e. The van der Waals surface area contributed by atoms with E-state index in [4.69, 9.17) is 0 Å². The lowest BCUT2D eigenvalue weighted by Crippen LogP contribution is -2.35. The highest BCUT2D eigenvalue weighted by atomic mass is 16.2. The summed E-state index contributed by atoms with van der Waals surface area (Å²) in [6, 6.07) is 0. The van der Waals surface area contributed by atoms with Crippen molar-refractivity contribution < 1.29 is 9.59 Å². The SMILES string of the molecule is CCC(CC)CN(CC)C(=O)CC(C)=O. The minimum atomic E-state index is -0.0528. The molecule has 0 fully saturated rings. The fourth-order valence-electron chi connectivity index (χ4n) is 1.59. The summed E-state index contributed by atoms with van der Waals surface area (Å²) in [5.41, 5.74) is 0. The van der Waals surface area contributed by atoms with Gasteiger partial charge < -0.3 is 4.90 Å². The van der Waals surface area contributed by atoms with Crippen molar-refractivity contribution in [1.82, 2.24) is 4.90 Å². The summed E-state index contributed by atoms with van der Waals surface area (Å²) in [5, 5.41) is 0. The van der Waals surface area contributed by atoms with Gasteiger partial charge in [0.05, 0.1) is 6.42 Å². The molecule has 0 aromatic heterocycles. The van der Waals surface area contributed by atoms with Gasteiger partial charge in [0.1, 0.15) is 5.78 Å². The maximum absolute atomic E-state index is 11.7. The number of nitrogens with zero attached hydrogens (tertiary/aromatic N) is 1. The van der Waals surface area contributed by atoms with Crippen LogP contribution < -0.4 is 0 Å². The van der Waals surface area contributed by atoms with Crippen molar-refractivity contribution in [2.24, 2.45) is 5.92 Å². The molecule has 0 heterocycles. The second-order valence-electron chi connectivity index (χ2n) is 3.99. The standard InChI is InChI=1S/C12H23NO2/c1-5-11(6-2)9-13(7-3)12(15)8-10(4)14/h11H,5-9H2,1-4H3. The van der Waals surface area contributed by atoms with Gasteiger partial charge in [-0.2, -0.15) is 0 Å². The molecule has 0 unspecified atom stereocenters. The first-order chi connectivity index (χ1) is 7.04. The molecule has 1 amide bonds. The van der Waals surface area contributed by atoms with E-state index in [2.05, 4.69) is 13.8 Å². The van der Waals surface area contributed by atoms with Gasteiger partial charge in [-0.15, -0.1) is 0 Å². The average molecular weight is 213 g/mol. The van der Waals surface area contributed by atoms with E-state index >= 15 is 0 Å². The van der Waals surface area contributed by atoms with E-state index in [0.717, 1.165) is 19.4 Å². The molecule has 0 N–H and O–H groups in total. The predicted octanol–water partition coefficient (Wildman–Crippen LogP) is 2.25. The first-order valence-corrected chi connectivity index (χ1v) is 5.82. The zero-order valence-electron chi connectivity index (χ0n) is 10.4. The molecule has 0 aliphatic carbocycles. The third-order valence-electron chi connectivity index (χ3n) is 2.77. The van der Waals surface area contributed by atoms with Crippen LogP contribution in [-0.4, -0.2) is 29.7 Å². The number of amides is 1. The molecule has 0 bridgehead atoms. The zero-order valence-corrected chi connectivity index (χ0v) is 10.4. The highest BCUT2D eigenvalue weighted by molar-refractivity contribution is 5.96. The first kappa shape index (κ1) is 14.1. The number of rotatable bonds is 7. The monoisotopic (exact) mass is 213 g/mol. The lowest BCUT2D eigenvalue weighted by molar-refractivity contribution is -0.135. The van der Waals surface area contributed by atoms with E-state index in [1.54, 1.807) is 4.90 Å². The Balaban J connectivity index is 4.22. The van der Waals surface area contributed by atoms with E-state index < -0.39 is 0 Å². The summed E-state index contributed by atoms with van der Waals surface area (Å²) in [5.74, 6) is 0.473. The Bertz CT molecular complexity index is 210. The topological polar surface area (TPSA) is 37.4 Å². The number of ketones is 1. The van der Waals surface area contributed by atoms with Gasteiger partial charge in [0.15, 0.2) is 0 Å². The van der Waals surface area contributed by atoms with E-state index in [-0.39, 0.29) is 18.1 Å². The number of hydrogen-bond acceptors (Lipinski definition) is 2. The molecule has 0 aliphatic heterocycles. The van der Waals surface area contributed by atoms with E-state index in [1.807, 2.05) is 6.92 Å². The molecule has 0 radical (unpaired) electrons. The van der Waals surface area contributed by atoms with Gasteiger partial charge in [-0.1, -0.05) is 26.7 Å². The second-order valence-corrected chi connectivity index (χ2v) is 3.99. The van der Waals surface area contributed by atoms with Crippen molar-refractivity contribution in [3.8, 4) is 0 Å². The van der Waals surface area contributed by atoms with Crippen LogP contribution in [-0.2, 0) is 9.59 Å². The molecule has 0 spiro atoms. The molecular weight excluding hydrogens is 190 g/mol. The average Bonchev–Trinajstić information content (AvgIpc) is 2.18. The Hall–Kier alpha value is -0.860. The summed E-state index contributed by atoms with van der Waals surface area (Å²) < 4.78 is 0. The van der Waals surface area contributed by atoms with E-state index in [1.165, 1.54) is 6.92 Å². The Morgan fingerprint density at radius 2 is 1.67 bits per heavy atom. The molecule has 0 saturated heterocycles. The summed E-state index contributed by atoms with van der Waals surface area (Å²) in [7, 11) is 0. The summed E-state index contributed by atoms with van der Waals surface area (Å²) in [6.45, 7) is 9.18. The molecule has 3 nitrogen and oxygen atoms in total. The summed E-state index contributed by atoms with van der Waals surface area (Å²) >= 11 is 0. The number of hydrogen-bond donors (Lipinski definition) is 0. The van der Waals surface area contributed by atoms with E-state index in [9.17, 15) is 9.59 Å².